The molecule has 1 heterocycles. The number of carbonyl (C=O) groups is 1. The average Bonchev–Trinajstić information content (AvgIpc) is 3.08. The van der Waals surface area contributed by atoms with Crippen LogP contribution in [0.1, 0.15) is 19.6 Å². The molecule has 0 saturated carbocycles. The molecule has 2 rings (SSSR count). The van der Waals surface area contributed by atoms with Gasteiger partial charge in [-0.15, -0.1) is 0 Å². The smallest absolute Gasteiger partial charge is 0.263 e. The minimum atomic E-state index is -0.483. The molecule has 0 spiro atoms. The largest absolute Gasteiger partial charge is 0.489 e. The second-order valence-electron chi connectivity index (χ2n) is 5.24. The third kappa shape index (κ3) is 4.92. The van der Waals surface area contributed by atoms with E-state index in [4.69, 9.17) is 9.15 Å². The van der Waals surface area contributed by atoms with E-state index in [1.54, 1.807) is 12.1 Å². The van der Waals surface area contributed by atoms with Crippen LogP contribution in [0, 0.1) is 11.3 Å². The summed E-state index contributed by atoms with van der Waals surface area (Å²) >= 11 is 0. The molecule has 1 aromatic carbocycles. The van der Waals surface area contributed by atoms with E-state index in [9.17, 15) is 10.1 Å². The third-order valence-electron chi connectivity index (χ3n) is 2.99. The van der Waals surface area contributed by atoms with Crippen molar-refractivity contribution in [2.24, 2.45) is 0 Å². The maximum absolute atomic E-state index is 12.0. The number of nitrogens with one attached hydrogen (secondary N) is 2. The van der Waals surface area contributed by atoms with E-state index in [-0.39, 0.29) is 18.2 Å². The van der Waals surface area contributed by atoms with E-state index < -0.39 is 5.91 Å². The van der Waals surface area contributed by atoms with Gasteiger partial charge in [0.2, 0.25) is 0 Å². The summed E-state index contributed by atoms with van der Waals surface area (Å²) in [6, 6.07) is 12.7. The van der Waals surface area contributed by atoms with Crippen LogP contribution in [0.15, 0.2) is 58.9 Å². The third-order valence-corrected chi connectivity index (χ3v) is 2.99. The molecule has 0 saturated heterocycles. The van der Waals surface area contributed by atoms with Gasteiger partial charge in [-0.1, -0.05) is 12.1 Å². The van der Waals surface area contributed by atoms with Crippen LogP contribution < -0.4 is 15.4 Å². The van der Waals surface area contributed by atoms with Crippen LogP contribution in [0.5, 0.6) is 5.75 Å². The van der Waals surface area contributed by atoms with E-state index in [0.29, 0.717) is 17.2 Å². The Balaban J connectivity index is 2.03. The van der Waals surface area contributed by atoms with Gasteiger partial charge in [0, 0.05) is 6.20 Å². The zero-order chi connectivity index (χ0) is 17.4. The summed E-state index contributed by atoms with van der Waals surface area (Å²) in [5, 5.41) is 14.7. The number of rotatable bonds is 7. The standard InChI is InChI=1S/C18H19N3O3/c1-13(2)24-17-8-4-3-7-16(17)20-11-14(10-19)18(22)21-12-15-6-5-9-23-15/h3-9,11,13,20H,12H2,1-2H3,(H,21,22). The highest BCUT2D eigenvalue weighted by Crippen LogP contribution is 2.25. The number of ether oxygens (including phenoxy) is 1. The van der Waals surface area contributed by atoms with Crippen molar-refractivity contribution >= 4 is 11.6 Å². The normalized spacial score (nSPS) is 11.0. The lowest BCUT2D eigenvalue weighted by molar-refractivity contribution is -0.117. The Morgan fingerprint density at radius 2 is 2.12 bits per heavy atom. The quantitative estimate of drug-likeness (QED) is 0.603. The van der Waals surface area contributed by atoms with Crippen molar-refractivity contribution in [1.29, 1.82) is 5.26 Å². The molecule has 2 aromatic rings. The number of para-hydroxylation sites is 2. The molecule has 2 N–H and O–H groups in total. The van der Waals surface area contributed by atoms with Crippen LogP contribution in [0.25, 0.3) is 0 Å². The Morgan fingerprint density at radius 3 is 2.79 bits per heavy atom. The van der Waals surface area contributed by atoms with Gasteiger partial charge in [-0.25, -0.2) is 0 Å². The van der Waals surface area contributed by atoms with E-state index >= 15 is 0 Å². The molecule has 0 bridgehead atoms. The highest BCUT2D eigenvalue weighted by Gasteiger charge is 2.10. The number of hydrogen-bond acceptors (Lipinski definition) is 5. The fourth-order valence-corrected chi connectivity index (χ4v) is 1.92. The number of carbonyl (C=O) groups excluding carboxylic acids is 1. The van der Waals surface area contributed by atoms with Crippen LogP contribution in [0.4, 0.5) is 5.69 Å². The molecule has 0 aliphatic heterocycles. The number of hydrogen-bond donors (Lipinski definition) is 2. The first-order valence-electron chi connectivity index (χ1n) is 7.53. The van der Waals surface area contributed by atoms with Crippen molar-refractivity contribution in [3.63, 3.8) is 0 Å². The van der Waals surface area contributed by atoms with Crippen molar-refractivity contribution in [2.75, 3.05) is 5.32 Å². The monoisotopic (exact) mass is 325 g/mol. The summed E-state index contributed by atoms with van der Waals surface area (Å²) in [7, 11) is 0. The first-order valence-corrected chi connectivity index (χ1v) is 7.53. The predicted molar refractivity (Wildman–Crippen MR) is 90.1 cm³/mol. The average molecular weight is 325 g/mol. The molecule has 1 amide bonds. The molecule has 24 heavy (non-hydrogen) atoms. The van der Waals surface area contributed by atoms with Gasteiger partial charge in [0.1, 0.15) is 23.2 Å². The molecule has 0 unspecified atom stereocenters. The number of benzene rings is 1. The Hall–Kier alpha value is -3.20. The van der Waals surface area contributed by atoms with Gasteiger partial charge in [-0.2, -0.15) is 5.26 Å². The van der Waals surface area contributed by atoms with Gasteiger partial charge >= 0.3 is 0 Å². The molecule has 1 aromatic heterocycles. The lowest BCUT2D eigenvalue weighted by Crippen LogP contribution is -2.24. The number of nitriles is 1. The molecule has 0 radical (unpaired) electrons. The lowest BCUT2D eigenvalue weighted by Gasteiger charge is -2.14. The summed E-state index contributed by atoms with van der Waals surface area (Å²) in [6.45, 7) is 4.07. The van der Waals surface area contributed by atoms with Crippen LogP contribution in [-0.2, 0) is 11.3 Å². The van der Waals surface area contributed by atoms with Crippen molar-refractivity contribution in [2.45, 2.75) is 26.5 Å². The summed E-state index contributed by atoms with van der Waals surface area (Å²) in [5.74, 6) is 0.782. The Kier molecular flexibility index (Phi) is 6.03. The molecule has 0 aliphatic carbocycles. The van der Waals surface area contributed by atoms with Gasteiger partial charge in [0.15, 0.2) is 0 Å². The highest BCUT2D eigenvalue weighted by molar-refractivity contribution is 5.97. The molecule has 124 valence electrons. The predicted octanol–water partition coefficient (Wildman–Crippen LogP) is 3.20. The van der Waals surface area contributed by atoms with Crippen LogP contribution in [-0.4, -0.2) is 12.0 Å². The Bertz CT molecular complexity index is 743. The summed E-state index contributed by atoms with van der Waals surface area (Å²) < 4.78 is 10.8. The van der Waals surface area contributed by atoms with Crippen molar-refractivity contribution in [3.8, 4) is 11.8 Å². The first-order chi connectivity index (χ1) is 11.6. The van der Waals surface area contributed by atoms with Gasteiger partial charge in [-0.05, 0) is 38.1 Å². The molecule has 6 nitrogen and oxygen atoms in total. The van der Waals surface area contributed by atoms with Gasteiger partial charge < -0.3 is 19.8 Å². The van der Waals surface area contributed by atoms with E-state index in [1.165, 1.54) is 12.5 Å². The minimum Gasteiger partial charge on any atom is -0.489 e. The summed E-state index contributed by atoms with van der Waals surface area (Å²) in [4.78, 5) is 12.0. The van der Waals surface area contributed by atoms with E-state index in [2.05, 4.69) is 10.6 Å². The summed E-state index contributed by atoms with van der Waals surface area (Å²) in [6.07, 6.45) is 2.90. The van der Waals surface area contributed by atoms with Crippen LogP contribution in [0.2, 0.25) is 0 Å². The zero-order valence-electron chi connectivity index (χ0n) is 13.6. The molecule has 0 aliphatic rings. The fraction of sp³-hybridized carbons (Fsp3) is 0.222. The van der Waals surface area contributed by atoms with Gasteiger partial charge in [0.25, 0.3) is 5.91 Å². The van der Waals surface area contributed by atoms with Crippen molar-refractivity contribution in [1.82, 2.24) is 5.32 Å². The molecule has 6 heteroatoms. The van der Waals surface area contributed by atoms with Crippen LogP contribution >= 0.6 is 0 Å². The number of anilines is 1. The maximum atomic E-state index is 12.0. The number of nitrogens with zero attached hydrogens (tertiary/aromatic N) is 1. The SMILES string of the molecule is CC(C)Oc1ccccc1NC=C(C#N)C(=O)NCc1ccco1. The van der Waals surface area contributed by atoms with E-state index in [0.717, 1.165) is 0 Å². The molecular formula is C18H19N3O3. The summed E-state index contributed by atoms with van der Waals surface area (Å²) in [5.41, 5.74) is 0.638. The minimum absolute atomic E-state index is 0.0176. The zero-order valence-corrected chi connectivity index (χ0v) is 13.6. The second-order valence-corrected chi connectivity index (χ2v) is 5.24. The van der Waals surface area contributed by atoms with Crippen molar-refractivity contribution in [3.05, 3.63) is 60.2 Å². The van der Waals surface area contributed by atoms with Gasteiger partial charge in [-0.3, -0.25) is 4.79 Å². The highest BCUT2D eigenvalue weighted by atomic mass is 16.5. The number of furan rings is 1. The van der Waals surface area contributed by atoms with Crippen LogP contribution in [0.3, 0.4) is 0 Å². The topological polar surface area (TPSA) is 87.3 Å². The maximum Gasteiger partial charge on any atom is 0.263 e. The van der Waals surface area contributed by atoms with E-state index in [1.807, 2.05) is 44.2 Å². The number of amides is 1. The lowest BCUT2D eigenvalue weighted by atomic mass is 10.2. The van der Waals surface area contributed by atoms with Gasteiger partial charge in [0.05, 0.1) is 24.6 Å². The molecule has 0 atom stereocenters. The molecule has 0 fully saturated rings. The Morgan fingerprint density at radius 1 is 1.33 bits per heavy atom. The Labute approximate surface area is 140 Å². The van der Waals surface area contributed by atoms with Crippen molar-refractivity contribution < 1.29 is 13.9 Å². The first kappa shape index (κ1) is 17.2. The fourth-order valence-electron chi connectivity index (χ4n) is 1.92. The molecular weight excluding hydrogens is 306 g/mol. The second kappa shape index (κ2) is 8.44.